The third-order valence-corrected chi connectivity index (χ3v) is 11.2. The number of hydrogen-bond acceptors (Lipinski definition) is 4. The predicted molar refractivity (Wildman–Crippen MR) is 132 cm³/mol. The molecule has 0 bridgehead atoms. The number of nitrogens with zero attached hydrogens (tertiary/aromatic N) is 3. The van der Waals surface area contributed by atoms with Crippen molar-refractivity contribution in [2.75, 3.05) is 18.4 Å². The minimum absolute atomic E-state index is 0.240. The highest BCUT2D eigenvalue weighted by molar-refractivity contribution is 6.87. The standard InChI is InChI=1S/C25H33N5Si/c1-18-14-24-27-16-22(21-8-7-9-23(29-21)28-20-10-12-26-15-20)30(24)17-19(18)11-13-31(5,6)25(2,3)4/h7-9,14,16-17,20,26H,10,12,15H2,1-6H3,(H,28,29). The van der Waals surface area contributed by atoms with Gasteiger partial charge in [0.05, 0.1) is 17.6 Å². The van der Waals surface area contributed by atoms with Crippen LogP contribution in [0.4, 0.5) is 5.82 Å². The molecule has 3 aromatic heterocycles. The molecule has 1 aliphatic heterocycles. The lowest BCUT2D eigenvalue weighted by Crippen LogP contribution is -2.35. The van der Waals surface area contributed by atoms with Crippen LogP contribution in [0.15, 0.2) is 36.7 Å². The first-order chi connectivity index (χ1) is 14.6. The zero-order chi connectivity index (χ0) is 22.2. The number of hydrogen-bond donors (Lipinski definition) is 2. The zero-order valence-electron chi connectivity index (χ0n) is 19.5. The average molecular weight is 432 g/mol. The molecule has 1 aliphatic rings. The van der Waals surface area contributed by atoms with E-state index in [1.807, 2.05) is 18.3 Å². The Morgan fingerprint density at radius 1 is 1.26 bits per heavy atom. The van der Waals surface area contributed by atoms with Crippen molar-refractivity contribution in [3.8, 4) is 22.9 Å². The minimum Gasteiger partial charge on any atom is -0.366 e. The van der Waals surface area contributed by atoms with Gasteiger partial charge in [-0.15, -0.1) is 5.54 Å². The van der Waals surface area contributed by atoms with Crippen molar-refractivity contribution in [3.05, 3.63) is 47.8 Å². The van der Waals surface area contributed by atoms with E-state index in [2.05, 4.69) is 90.6 Å². The summed E-state index contributed by atoms with van der Waals surface area (Å²) >= 11 is 0. The Hall–Kier alpha value is -2.62. The van der Waals surface area contributed by atoms with E-state index in [0.717, 1.165) is 53.5 Å². The summed E-state index contributed by atoms with van der Waals surface area (Å²) in [4.78, 5) is 9.50. The van der Waals surface area contributed by atoms with E-state index in [4.69, 9.17) is 4.98 Å². The van der Waals surface area contributed by atoms with E-state index in [1.54, 1.807) is 0 Å². The Kier molecular flexibility index (Phi) is 5.67. The van der Waals surface area contributed by atoms with Crippen LogP contribution >= 0.6 is 0 Å². The molecule has 0 aliphatic carbocycles. The molecule has 6 heteroatoms. The average Bonchev–Trinajstić information content (AvgIpc) is 3.35. The summed E-state index contributed by atoms with van der Waals surface area (Å²) < 4.78 is 2.12. The van der Waals surface area contributed by atoms with Crippen molar-refractivity contribution in [3.63, 3.8) is 0 Å². The number of aryl methyl sites for hydroxylation is 1. The summed E-state index contributed by atoms with van der Waals surface area (Å²) in [6, 6.07) is 8.68. The van der Waals surface area contributed by atoms with Gasteiger partial charge in [0.15, 0.2) is 0 Å². The van der Waals surface area contributed by atoms with Crippen molar-refractivity contribution < 1.29 is 0 Å². The van der Waals surface area contributed by atoms with Gasteiger partial charge in [-0.3, -0.25) is 4.40 Å². The molecule has 4 rings (SSSR count). The maximum absolute atomic E-state index is 4.87. The highest BCUT2D eigenvalue weighted by Crippen LogP contribution is 2.35. The monoisotopic (exact) mass is 431 g/mol. The molecular formula is C25H33N5Si. The number of aromatic nitrogens is 3. The summed E-state index contributed by atoms with van der Waals surface area (Å²) in [5.74, 6) is 4.41. The molecule has 0 radical (unpaired) electrons. The summed E-state index contributed by atoms with van der Waals surface area (Å²) in [6.45, 7) is 15.7. The Balaban J connectivity index is 1.70. The molecule has 0 aromatic carbocycles. The summed E-state index contributed by atoms with van der Waals surface area (Å²) in [6.07, 6.45) is 5.15. The fourth-order valence-electron chi connectivity index (χ4n) is 3.50. The van der Waals surface area contributed by atoms with Crippen LogP contribution in [-0.2, 0) is 0 Å². The number of imidazole rings is 1. The minimum atomic E-state index is -1.68. The Morgan fingerprint density at radius 3 is 2.77 bits per heavy atom. The van der Waals surface area contributed by atoms with Crippen molar-refractivity contribution in [1.82, 2.24) is 19.7 Å². The van der Waals surface area contributed by atoms with Crippen LogP contribution < -0.4 is 10.6 Å². The van der Waals surface area contributed by atoms with E-state index in [1.165, 1.54) is 0 Å². The first kappa shape index (κ1) is 21.6. The molecule has 162 valence electrons. The first-order valence-electron chi connectivity index (χ1n) is 11.1. The summed E-state index contributed by atoms with van der Waals surface area (Å²) in [7, 11) is -1.68. The van der Waals surface area contributed by atoms with Crippen molar-refractivity contribution in [2.45, 2.75) is 58.3 Å². The first-order valence-corrected chi connectivity index (χ1v) is 14.1. The second-order valence-electron chi connectivity index (χ2n) is 10.1. The van der Waals surface area contributed by atoms with Gasteiger partial charge in [-0.05, 0) is 48.7 Å². The van der Waals surface area contributed by atoms with Crippen LogP contribution in [0.3, 0.4) is 0 Å². The van der Waals surface area contributed by atoms with Crippen molar-refractivity contribution in [2.24, 2.45) is 0 Å². The third-order valence-electron chi connectivity index (χ3n) is 6.66. The van der Waals surface area contributed by atoms with E-state index < -0.39 is 8.07 Å². The van der Waals surface area contributed by atoms with Crippen LogP contribution in [-0.4, -0.2) is 41.6 Å². The molecule has 0 spiro atoms. The number of nitrogens with one attached hydrogen (secondary N) is 2. The van der Waals surface area contributed by atoms with Crippen LogP contribution in [0.2, 0.25) is 18.1 Å². The highest BCUT2D eigenvalue weighted by atomic mass is 28.3. The van der Waals surface area contributed by atoms with Crippen LogP contribution in [0.5, 0.6) is 0 Å². The molecule has 0 amide bonds. The van der Waals surface area contributed by atoms with Crippen molar-refractivity contribution >= 4 is 19.5 Å². The molecule has 1 unspecified atom stereocenters. The summed E-state index contributed by atoms with van der Waals surface area (Å²) in [5, 5.41) is 7.17. The third kappa shape index (κ3) is 4.53. The Bertz CT molecular complexity index is 1150. The van der Waals surface area contributed by atoms with Crippen LogP contribution in [0.25, 0.3) is 17.0 Å². The van der Waals surface area contributed by atoms with Crippen LogP contribution in [0, 0.1) is 18.4 Å². The van der Waals surface area contributed by atoms with Crippen molar-refractivity contribution in [1.29, 1.82) is 0 Å². The van der Waals surface area contributed by atoms with Gasteiger partial charge in [-0.2, -0.15) is 0 Å². The molecule has 31 heavy (non-hydrogen) atoms. The Morgan fingerprint density at radius 2 is 2.06 bits per heavy atom. The lowest BCUT2D eigenvalue weighted by molar-refractivity contribution is 0.731. The zero-order valence-corrected chi connectivity index (χ0v) is 20.5. The second-order valence-corrected chi connectivity index (χ2v) is 15.1. The normalized spacial score (nSPS) is 16.9. The second kappa shape index (κ2) is 8.14. The molecule has 1 saturated heterocycles. The van der Waals surface area contributed by atoms with Gasteiger partial charge in [-0.1, -0.05) is 45.9 Å². The molecule has 1 fully saturated rings. The van der Waals surface area contributed by atoms with Gasteiger partial charge in [0, 0.05) is 24.3 Å². The fraction of sp³-hybridized carbons (Fsp3) is 0.440. The largest absolute Gasteiger partial charge is 0.366 e. The SMILES string of the molecule is Cc1cc2ncc(-c3cccc(NC4CCNC4)n3)n2cc1C#C[Si](C)(C)C(C)(C)C. The molecule has 5 nitrogen and oxygen atoms in total. The lowest BCUT2D eigenvalue weighted by Gasteiger charge is -2.31. The molecule has 0 saturated carbocycles. The Labute approximate surface area is 186 Å². The van der Waals surface area contributed by atoms with E-state index in [-0.39, 0.29) is 5.04 Å². The van der Waals surface area contributed by atoms with Crippen LogP contribution in [0.1, 0.15) is 38.3 Å². The molecule has 4 heterocycles. The van der Waals surface area contributed by atoms with Gasteiger partial charge < -0.3 is 10.6 Å². The lowest BCUT2D eigenvalue weighted by atomic mass is 10.1. The van der Waals surface area contributed by atoms with Gasteiger partial charge in [0.2, 0.25) is 0 Å². The number of rotatable bonds is 3. The highest BCUT2D eigenvalue weighted by Gasteiger charge is 2.33. The van der Waals surface area contributed by atoms with Gasteiger partial charge in [0.25, 0.3) is 0 Å². The molecule has 1 atom stereocenters. The predicted octanol–water partition coefficient (Wildman–Crippen LogP) is 4.88. The summed E-state index contributed by atoms with van der Waals surface area (Å²) in [5.41, 5.74) is 8.68. The topological polar surface area (TPSA) is 54.2 Å². The quantitative estimate of drug-likeness (QED) is 0.458. The van der Waals surface area contributed by atoms with E-state index in [0.29, 0.717) is 6.04 Å². The molecule has 3 aromatic rings. The molecular weight excluding hydrogens is 398 g/mol. The fourth-order valence-corrected chi connectivity index (χ4v) is 4.32. The van der Waals surface area contributed by atoms with E-state index in [9.17, 15) is 0 Å². The van der Waals surface area contributed by atoms with E-state index >= 15 is 0 Å². The van der Waals surface area contributed by atoms with Gasteiger partial charge in [-0.25, -0.2) is 9.97 Å². The number of fused-ring (bicyclic) bond motifs is 1. The van der Waals surface area contributed by atoms with Gasteiger partial charge in [0.1, 0.15) is 19.5 Å². The number of anilines is 1. The smallest absolute Gasteiger partial charge is 0.138 e. The van der Waals surface area contributed by atoms with Gasteiger partial charge >= 0.3 is 0 Å². The number of pyridine rings is 2. The maximum Gasteiger partial charge on any atom is 0.138 e. The maximum atomic E-state index is 4.87. The molecule has 2 N–H and O–H groups in total.